The quantitative estimate of drug-likeness (QED) is 0.366. The summed E-state index contributed by atoms with van der Waals surface area (Å²) in [6.07, 6.45) is 0.437. The topological polar surface area (TPSA) is 63.0 Å². The number of thioether (sulfide) groups is 1. The van der Waals surface area contributed by atoms with Gasteiger partial charge < -0.3 is 10.1 Å². The van der Waals surface area contributed by atoms with Gasteiger partial charge >= 0.3 is 0 Å². The number of nitrogens with one attached hydrogen (secondary N) is 1. The first-order valence-corrected chi connectivity index (χ1v) is 9.85. The van der Waals surface area contributed by atoms with E-state index in [1.54, 1.807) is 18.9 Å². The first-order chi connectivity index (χ1) is 13.7. The third-order valence-corrected chi connectivity index (χ3v) is 4.86. The number of rotatable bonds is 8. The van der Waals surface area contributed by atoms with Crippen LogP contribution in [0, 0.1) is 0 Å². The van der Waals surface area contributed by atoms with Gasteiger partial charge in [0.05, 0.1) is 18.5 Å². The Hall–Kier alpha value is -3.12. The van der Waals surface area contributed by atoms with E-state index < -0.39 is 0 Å². The number of methoxy groups -OCH3 is 1. The van der Waals surface area contributed by atoms with Crippen molar-refractivity contribution in [1.82, 2.24) is 0 Å². The van der Waals surface area contributed by atoms with Gasteiger partial charge in [-0.25, -0.2) is 0 Å². The lowest BCUT2D eigenvalue weighted by Crippen LogP contribution is -2.11. The Morgan fingerprint density at radius 2 is 1.54 bits per heavy atom. The molecule has 0 bridgehead atoms. The number of anilines is 1. The zero-order chi connectivity index (χ0) is 19.6. The van der Waals surface area contributed by atoms with Gasteiger partial charge in [-0.2, -0.15) is 10.2 Å². The van der Waals surface area contributed by atoms with Crippen molar-refractivity contribution in [1.29, 1.82) is 0 Å². The number of azo groups is 1. The number of hydrogen-bond donors (Lipinski definition) is 1. The zero-order valence-corrected chi connectivity index (χ0v) is 16.4. The molecule has 0 radical (unpaired) electrons. The summed E-state index contributed by atoms with van der Waals surface area (Å²) in [5.74, 6) is 1.52. The van der Waals surface area contributed by atoms with Gasteiger partial charge in [0.1, 0.15) is 5.75 Å². The SMILES string of the molecule is COc1ccc(SCCC(=O)Nc2ccc(N=Nc3ccccc3)cc2)cc1. The van der Waals surface area contributed by atoms with Gasteiger partial charge in [0.15, 0.2) is 0 Å². The van der Waals surface area contributed by atoms with Gasteiger partial charge in [0.25, 0.3) is 0 Å². The average Bonchev–Trinajstić information content (AvgIpc) is 2.74. The van der Waals surface area contributed by atoms with Crippen LogP contribution in [0.3, 0.4) is 0 Å². The number of nitrogens with zero attached hydrogens (tertiary/aromatic N) is 2. The lowest BCUT2D eigenvalue weighted by atomic mass is 10.3. The van der Waals surface area contributed by atoms with Gasteiger partial charge in [0.2, 0.25) is 5.91 Å². The maximum Gasteiger partial charge on any atom is 0.225 e. The number of ether oxygens (including phenoxy) is 1. The van der Waals surface area contributed by atoms with Gasteiger partial charge in [-0.05, 0) is 60.7 Å². The lowest BCUT2D eigenvalue weighted by molar-refractivity contribution is -0.115. The fourth-order valence-electron chi connectivity index (χ4n) is 2.38. The predicted octanol–water partition coefficient (Wildman–Crippen LogP) is 6.23. The maximum atomic E-state index is 12.1. The maximum absolute atomic E-state index is 12.1. The van der Waals surface area contributed by atoms with Gasteiger partial charge in [0, 0.05) is 22.8 Å². The van der Waals surface area contributed by atoms with Crippen LogP contribution in [0.5, 0.6) is 5.75 Å². The molecule has 0 spiro atoms. The van der Waals surface area contributed by atoms with Gasteiger partial charge in [-0.1, -0.05) is 18.2 Å². The van der Waals surface area contributed by atoms with E-state index >= 15 is 0 Å². The normalized spacial score (nSPS) is 10.8. The fourth-order valence-corrected chi connectivity index (χ4v) is 3.23. The number of hydrogen-bond acceptors (Lipinski definition) is 5. The molecule has 142 valence electrons. The molecule has 0 fully saturated rings. The van der Waals surface area contributed by atoms with Crippen LogP contribution in [-0.2, 0) is 4.79 Å². The average molecular weight is 391 g/mol. The van der Waals surface area contributed by atoms with Crippen LogP contribution in [0.4, 0.5) is 17.1 Å². The number of carbonyl (C=O) groups is 1. The highest BCUT2D eigenvalue weighted by atomic mass is 32.2. The van der Waals surface area contributed by atoms with Gasteiger partial charge in [-0.15, -0.1) is 11.8 Å². The van der Waals surface area contributed by atoms with Crippen molar-refractivity contribution in [2.45, 2.75) is 11.3 Å². The van der Waals surface area contributed by atoms with Crippen molar-refractivity contribution in [3.8, 4) is 5.75 Å². The highest BCUT2D eigenvalue weighted by Gasteiger charge is 2.04. The summed E-state index contributed by atoms with van der Waals surface area (Å²) in [5.41, 5.74) is 2.28. The Morgan fingerprint density at radius 1 is 0.893 bits per heavy atom. The Labute approximate surface area is 168 Å². The van der Waals surface area contributed by atoms with E-state index in [4.69, 9.17) is 4.74 Å². The van der Waals surface area contributed by atoms with Gasteiger partial charge in [-0.3, -0.25) is 4.79 Å². The molecule has 0 aliphatic rings. The molecule has 5 nitrogen and oxygen atoms in total. The van der Waals surface area contributed by atoms with E-state index in [0.717, 1.165) is 27.7 Å². The summed E-state index contributed by atoms with van der Waals surface area (Å²) in [7, 11) is 1.64. The molecule has 0 atom stereocenters. The Kier molecular flexibility index (Phi) is 7.21. The summed E-state index contributed by atoms with van der Waals surface area (Å²) in [6, 6.07) is 24.7. The van der Waals surface area contributed by atoms with Crippen LogP contribution in [0.25, 0.3) is 0 Å². The fraction of sp³-hybridized carbons (Fsp3) is 0.136. The Morgan fingerprint density at radius 3 is 2.18 bits per heavy atom. The molecular weight excluding hydrogens is 370 g/mol. The van der Waals surface area contributed by atoms with Crippen molar-refractivity contribution in [3.05, 3.63) is 78.9 Å². The van der Waals surface area contributed by atoms with Crippen molar-refractivity contribution in [2.24, 2.45) is 10.2 Å². The first kappa shape index (κ1) is 19.6. The number of carbonyl (C=O) groups excluding carboxylic acids is 1. The molecule has 0 heterocycles. The largest absolute Gasteiger partial charge is 0.497 e. The second-order valence-corrected chi connectivity index (χ2v) is 7.07. The molecule has 3 aromatic carbocycles. The van der Waals surface area contributed by atoms with Crippen LogP contribution >= 0.6 is 11.8 Å². The first-order valence-electron chi connectivity index (χ1n) is 8.86. The van der Waals surface area contributed by atoms with Crippen LogP contribution in [-0.4, -0.2) is 18.8 Å². The molecule has 0 aliphatic carbocycles. The number of amides is 1. The number of benzene rings is 3. The van der Waals surface area contributed by atoms with E-state index in [2.05, 4.69) is 15.5 Å². The third kappa shape index (κ3) is 6.25. The zero-order valence-electron chi connectivity index (χ0n) is 15.5. The van der Waals surface area contributed by atoms with Crippen molar-refractivity contribution < 1.29 is 9.53 Å². The molecule has 6 heteroatoms. The molecular formula is C22H21N3O2S. The smallest absolute Gasteiger partial charge is 0.225 e. The molecule has 0 aliphatic heterocycles. The molecule has 28 heavy (non-hydrogen) atoms. The van der Waals surface area contributed by atoms with Crippen molar-refractivity contribution >= 4 is 34.7 Å². The minimum Gasteiger partial charge on any atom is -0.497 e. The summed E-state index contributed by atoms with van der Waals surface area (Å²) in [4.78, 5) is 13.2. The molecule has 1 amide bonds. The van der Waals surface area contributed by atoms with E-state index in [0.29, 0.717) is 12.2 Å². The molecule has 0 saturated carbocycles. The van der Waals surface area contributed by atoms with Crippen LogP contribution in [0.2, 0.25) is 0 Å². The van der Waals surface area contributed by atoms with E-state index in [1.165, 1.54) is 0 Å². The lowest BCUT2D eigenvalue weighted by Gasteiger charge is -2.06. The molecule has 0 unspecified atom stereocenters. The Bertz CT molecular complexity index is 911. The molecule has 0 aromatic heterocycles. The third-order valence-electron chi connectivity index (χ3n) is 3.85. The van der Waals surface area contributed by atoms with E-state index in [-0.39, 0.29) is 5.91 Å². The highest BCUT2D eigenvalue weighted by Crippen LogP contribution is 2.23. The molecule has 3 rings (SSSR count). The molecule has 1 N–H and O–H groups in total. The van der Waals surface area contributed by atoms with E-state index in [1.807, 2.05) is 78.9 Å². The second kappa shape index (κ2) is 10.3. The predicted molar refractivity (Wildman–Crippen MR) is 114 cm³/mol. The summed E-state index contributed by atoms with van der Waals surface area (Å²) in [5, 5.41) is 11.3. The van der Waals surface area contributed by atoms with Crippen LogP contribution in [0.1, 0.15) is 6.42 Å². The summed E-state index contributed by atoms with van der Waals surface area (Å²) < 4.78 is 5.14. The minimum atomic E-state index is -0.0142. The standard InChI is InChI=1S/C22H21N3O2S/c1-27-20-11-13-21(14-12-20)28-16-15-22(26)23-17-7-9-19(10-8-17)25-24-18-5-3-2-4-6-18/h2-14H,15-16H2,1H3,(H,23,26). The second-order valence-electron chi connectivity index (χ2n) is 5.90. The minimum absolute atomic E-state index is 0.0142. The summed E-state index contributed by atoms with van der Waals surface area (Å²) in [6.45, 7) is 0. The van der Waals surface area contributed by atoms with E-state index in [9.17, 15) is 4.79 Å². The van der Waals surface area contributed by atoms with Crippen molar-refractivity contribution in [3.63, 3.8) is 0 Å². The van der Waals surface area contributed by atoms with Crippen molar-refractivity contribution in [2.75, 3.05) is 18.2 Å². The van der Waals surface area contributed by atoms with Crippen LogP contribution < -0.4 is 10.1 Å². The highest BCUT2D eigenvalue weighted by molar-refractivity contribution is 7.99. The molecule has 3 aromatic rings. The van der Waals surface area contributed by atoms with Crippen LogP contribution in [0.15, 0.2) is 94.0 Å². The Balaban J connectivity index is 1.44. The monoisotopic (exact) mass is 391 g/mol. The molecule has 0 saturated heterocycles. The summed E-state index contributed by atoms with van der Waals surface area (Å²) >= 11 is 1.64.